The first-order valence-electron chi connectivity index (χ1n) is 9.70. The first-order chi connectivity index (χ1) is 14.0. The van der Waals surface area contributed by atoms with Crippen LogP contribution in [0.3, 0.4) is 0 Å². The van der Waals surface area contributed by atoms with Gasteiger partial charge in [0, 0.05) is 23.2 Å². The second kappa shape index (κ2) is 10.5. The van der Waals surface area contributed by atoms with E-state index < -0.39 is 22.7 Å². The third-order valence-corrected chi connectivity index (χ3v) is 4.87. The maximum absolute atomic E-state index is 12.7. The van der Waals surface area contributed by atoms with Crippen LogP contribution in [-0.4, -0.2) is 39.7 Å². The SMILES string of the molecule is CC(C)(C)OC(=O)N(CCCc1ccc(Br)cc1)C[C@H](O)c1ccc([N+](=O)[O-])cc1. The van der Waals surface area contributed by atoms with Crippen molar-refractivity contribution in [2.24, 2.45) is 0 Å². The number of rotatable bonds is 8. The van der Waals surface area contributed by atoms with Crippen LogP contribution in [0.5, 0.6) is 0 Å². The van der Waals surface area contributed by atoms with Crippen molar-refractivity contribution in [3.05, 3.63) is 74.2 Å². The van der Waals surface area contributed by atoms with Crippen molar-refractivity contribution >= 4 is 27.7 Å². The lowest BCUT2D eigenvalue weighted by atomic mass is 10.1. The number of carbonyl (C=O) groups excluding carboxylic acids is 1. The van der Waals surface area contributed by atoms with Gasteiger partial charge in [-0.15, -0.1) is 0 Å². The fraction of sp³-hybridized carbons (Fsp3) is 0.409. The molecule has 0 saturated carbocycles. The molecule has 0 saturated heterocycles. The van der Waals surface area contributed by atoms with Crippen molar-refractivity contribution < 1.29 is 19.6 Å². The summed E-state index contributed by atoms with van der Waals surface area (Å²) in [5.41, 5.74) is 0.948. The van der Waals surface area contributed by atoms with Crippen LogP contribution in [0.1, 0.15) is 44.4 Å². The molecule has 162 valence electrons. The third-order valence-electron chi connectivity index (χ3n) is 4.34. The van der Waals surface area contributed by atoms with E-state index in [2.05, 4.69) is 15.9 Å². The lowest BCUT2D eigenvalue weighted by Gasteiger charge is -2.29. The molecule has 0 radical (unpaired) electrons. The van der Waals surface area contributed by atoms with E-state index in [1.165, 1.54) is 29.2 Å². The Hall–Kier alpha value is -2.45. The molecule has 7 nitrogen and oxygen atoms in total. The molecule has 2 rings (SSSR count). The average molecular weight is 479 g/mol. The Labute approximate surface area is 184 Å². The molecular formula is C22H27BrN2O5. The molecule has 0 aliphatic carbocycles. The molecule has 2 aromatic rings. The van der Waals surface area contributed by atoms with Gasteiger partial charge in [-0.05, 0) is 69.0 Å². The number of carbonyl (C=O) groups is 1. The summed E-state index contributed by atoms with van der Waals surface area (Å²) in [5, 5.41) is 21.4. The molecule has 0 aliphatic rings. The van der Waals surface area contributed by atoms with Crippen LogP contribution in [-0.2, 0) is 11.2 Å². The highest BCUT2D eigenvalue weighted by Gasteiger charge is 2.24. The summed E-state index contributed by atoms with van der Waals surface area (Å²) in [6.07, 6.45) is -0.00101. The van der Waals surface area contributed by atoms with Crippen molar-refractivity contribution in [2.45, 2.75) is 45.3 Å². The molecule has 0 aromatic heterocycles. The summed E-state index contributed by atoms with van der Waals surface area (Å²) in [5.74, 6) is 0. The summed E-state index contributed by atoms with van der Waals surface area (Å²) in [4.78, 5) is 24.4. The van der Waals surface area contributed by atoms with Gasteiger partial charge in [0.1, 0.15) is 5.60 Å². The highest BCUT2D eigenvalue weighted by Crippen LogP contribution is 2.20. The zero-order chi connectivity index (χ0) is 22.3. The first-order valence-corrected chi connectivity index (χ1v) is 10.5. The van der Waals surface area contributed by atoms with Crippen LogP contribution in [0.4, 0.5) is 10.5 Å². The first kappa shape index (κ1) is 23.8. The predicted octanol–water partition coefficient (Wildman–Crippen LogP) is 5.26. The van der Waals surface area contributed by atoms with Gasteiger partial charge in [-0.25, -0.2) is 4.79 Å². The van der Waals surface area contributed by atoms with Gasteiger partial charge >= 0.3 is 6.09 Å². The van der Waals surface area contributed by atoms with E-state index in [4.69, 9.17) is 4.74 Å². The van der Waals surface area contributed by atoms with Crippen LogP contribution in [0.15, 0.2) is 53.0 Å². The van der Waals surface area contributed by atoms with Gasteiger partial charge < -0.3 is 14.7 Å². The maximum Gasteiger partial charge on any atom is 0.410 e. The Morgan fingerprint density at radius 3 is 2.30 bits per heavy atom. The molecule has 0 heterocycles. The van der Waals surface area contributed by atoms with Gasteiger partial charge in [-0.2, -0.15) is 0 Å². The molecular weight excluding hydrogens is 452 g/mol. The predicted molar refractivity (Wildman–Crippen MR) is 118 cm³/mol. The maximum atomic E-state index is 12.7. The number of ether oxygens (including phenoxy) is 1. The van der Waals surface area contributed by atoms with E-state index in [9.17, 15) is 20.0 Å². The highest BCUT2D eigenvalue weighted by atomic mass is 79.9. The highest BCUT2D eigenvalue weighted by molar-refractivity contribution is 9.10. The van der Waals surface area contributed by atoms with Gasteiger partial charge in [0.25, 0.3) is 5.69 Å². The molecule has 0 unspecified atom stereocenters. The number of nitro groups is 1. The van der Waals surface area contributed by atoms with E-state index in [-0.39, 0.29) is 12.2 Å². The second-order valence-electron chi connectivity index (χ2n) is 8.02. The average Bonchev–Trinajstić information content (AvgIpc) is 2.67. The van der Waals surface area contributed by atoms with Gasteiger partial charge in [0.2, 0.25) is 0 Å². The lowest BCUT2D eigenvalue weighted by Crippen LogP contribution is -2.40. The number of benzene rings is 2. The number of non-ortho nitro benzene ring substituents is 1. The largest absolute Gasteiger partial charge is 0.444 e. The molecule has 0 bridgehead atoms. The van der Waals surface area contributed by atoms with Gasteiger partial charge in [-0.3, -0.25) is 10.1 Å². The van der Waals surface area contributed by atoms with Crippen LogP contribution < -0.4 is 0 Å². The van der Waals surface area contributed by atoms with E-state index in [0.29, 0.717) is 18.5 Å². The summed E-state index contributed by atoms with van der Waals surface area (Å²) in [7, 11) is 0. The summed E-state index contributed by atoms with van der Waals surface area (Å²) in [6, 6.07) is 13.7. The molecule has 1 atom stereocenters. The van der Waals surface area contributed by atoms with Crippen LogP contribution in [0, 0.1) is 10.1 Å². The van der Waals surface area contributed by atoms with E-state index in [1.54, 1.807) is 20.8 Å². The van der Waals surface area contributed by atoms with E-state index >= 15 is 0 Å². The number of nitrogens with zero attached hydrogens (tertiary/aromatic N) is 2. The molecule has 2 aromatic carbocycles. The third kappa shape index (κ3) is 7.76. The lowest BCUT2D eigenvalue weighted by molar-refractivity contribution is -0.384. The molecule has 0 fully saturated rings. The zero-order valence-electron chi connectivity index (χ0n) is 17.4. The fourth-order valence-electron chi connectivity index (χ4n) is 2.84. The standard InChI is InChI=1S/C22H27BrN2O5/c1-22(2,3)30-21(27)24(14-4-5-16-6-10-18(23)11-7-16)15-20(26)17-8-12-19(13-9-17)25(28)29/h6-13,20,26H,4-5,14-15H2,1-3H3/t20-/m0/s1. The minimum Gasteiger partial charge on any atom is -0.444 e. The Morgan fingerprint density at radius 1 is 1.17 bits per heavy atom. The zero-order valence-corrected chi connectivity index (χ0v) is 19.0. The number of halogens is 1. The monoisotopic (exact) mass is 478 g/mol. The van der Waals surface area contributed by atoms with Gasteiger partial charge in [0.15, 0.2) is 0 Å². The Balaban J connectivity index is 2.04. The molecule has 1 N–H and O–H groups in total. The number of nitro benzene ring substituents is 1. The number of aliphatic hydroxyl groups excluding tert-OH is 1. The van der Waals surface area contributed by atoms with Crippen molar-refractivity contribution in [2.75, 3.05) is 13.1 Å². The summed E-state index contributed by atoms with van der Waals surface area (Å²) >= 11 is 3.41. The van der Waals surface area contributed by atoms with Crippen LogP contribution >= 0.6 is 15.9 Å². The number of aryl methyl sites for hydroxylation is 1. The quantitative estimate of drug-likeness (QED) is 0.412. The number of hydrogen-bond acceptors (Lipinski definition) is 5. The van der Waals surface area contributed by atoms with Crippen molar-refractivity contribution in [1.82, 2.24) is 4.90 Å². The minimum atomic E-state index is -0.981. The Kier molecular flexibility index (Phi) is 8.37. The van der Waals surface area contributed by atoms with E-state index in [0.717, 1.165) is 16.5 Å². The number of aliphatic hydroxyl groups is 1. The van der Waals surface area contributed by atoms with Crippen molar-refractivity contribution in [3.8, 4) is 0 Å². The van der Waals surface area contributed by atoms with E-state index in [1.807, 2.05) is 24.3 Å². The number of hydrogen-bond donors (Lipinski definition) is 1. The van der Waals surface area contributed by atoms with Crippen molar-refractivity contribution in [3.63, 3.8) is 0 Å². The Bertz CT molecular complexity index is 847. The van der Waals surface area contributed by atoms with Crippen LogP contribution in [0.25, 0.3) is 0 Å². The molecule has 0 spiro atoms. The smallest absolute Gasteiger partial charge is 0.410 e. The second-order valence-corrected chi connectivity index (χ2v) is 8.94. The summed E-state index contributed by atoms with van der Waals surface area (Å²) < 4.78 is 6.49. The van der Waals surface area contributed by atoms with Gasteiger partial charge in [0.05, 0.1) is 17.6 Å². The molecule has 8 heteroatoms. The van der Waals surface area contributed by atoms with Crippen LogP contribution in [0.2, 0.25) is 0 Å². The molecule has 1 amide bonds. The summed E-state index contributed by atoms with van der Waals surface area (Å²) in [6.45, 7) is 5.81. The number of amides is 1. The normalized spacial score (nSPS) is 12.3. The molecule has 0 aliphatic heterocycles. The van der Waals surface area contributed by atoms with Crippen molar-refractivity contribution in [1.29, 1.82) is 0 Å². The topological polar surface area (TPSA) is 92.9 Å². The fourth-order valence-corrected chi connectivity index (χ4v) is 3.11. The minimum absolute atomic E-state index is 0.0348. The van der Waals surface area contributed by atoms with Gasteiger partial charge in [-0.1, -0.05) is 28.1 Å². The Morgan fingerprint density at radius 2 is 1.77 bits per heavy atom. The molecule has 30 heavy (non-hydrogen) atoms.